The van der Waals surface area contributed by atoms with Crippen molar-refractivity contribution in [2.24, 2.45) is 0 Å². The van der Waals surface area contributed by atoms with E-state index >= 15 is 0 Å². The zero-order chi connectivity index (χ0) is 31.6. The van der Waals surface area contributed by atoms with Crippen LogP contribution < -0.4 is 4.40 Å². The topological polar surface area (TPSA) is 26.0 Å². The van der Waals surface area contributed by atoms with Gasteiger partial charge in [0.25, 0.3) is 0 Å². The molecule has 0 aliphatic rings. The summed E-state index contributed by atoms with van der Waals surface area (Å²) in [6.07, 6.45) is 1.98. The molecule has 0 fully saturated rings. The summed E-state index contributed by atoms with van der Waals surface area (Å²) >= 11 is -1.88. The van der Waals surface area contributed by atoms with Gasteiger partial charge in [-0.05, 0) is 11.0 Å². The van der Waals surface area contributed by atoms with Gasteiger partial charge in [-0.15, -0.1) is 17.7 Å². The van der Waals surface area contributed by atoms with Crippen LogP contribution in [0.25, 0.3) is 44.3 Å². The van der Waals surface area contributed by atoms with E-state index in [0.717, 1.165) is 33.2 Å². The first-order chi connectivity index (χ1) is 21.6. The third-order valence-electron chi connectivity index (χ3n) is 8.30. The van der Waals surface area contributed by atoms with Crippen LogP contribution in [-0.2, 0) is 25.5 Å². The maximum absolute atomic E-state index is 13.5. The predicted molar refractivity (Wildman–Crippen MR) is 187 cm³/mol. The Hall–Kier alpha value is -3.83. The number of aromatic nitrogens is 1. The van der Waals surface area contributed by atoms with Crippen molar-refractivity contribution in [3.63, 3.8) is 0 Å². The Morgan fingerprint density at radius 3 is 2.13 bits per heavy atom. The average molecular weight is 842 g/mol. The molecule has 0 N–H and O–H groups in total. The van der Waals surface area contributed by atoms with Crippen molar-refractivity contribution in [2.75, 3.05) is 0 Å². The summed E-state index contributed by atoms with van der Waals surface area (Å²) in [5.74, 6) is 6.73. The number of rotatable bonds is 5. The molecule has 0 amide bonds. The smallest absolute Gasteiger partial charge is 3.00 e. The van der Waals surface area contributed by atoms with E-state index in [9.17, 15) is 4.39 Å². The van der Waals surface area contributed by atoms with Gasteiger partial charge in [0, 0.05) is 0 Å². The first-order valence-electron chi connectivity index (χ1n) is 15.2. The summed E-state index contributed by atoms with van der Waals surface area (Å²) in [5.41, 5.74) is 7.66. The zero-order valence-corrected chi connectivity index (χ0v) is 31.1. The third-order valence-corrected chi connectivity index (χ3v) is 12.6. The monoisotopic (exact) mass is 843 g/mol. The Labute approximate surface area is 287 Å². The molecule has 0 spiro atoms. The van der Waals surface area contributed by atoms with Gasteiger partial charge < -0.3 is 0 Å². The first kappa shape index (κ1) is 33.5. The number of hydrogen-bond acceptors (Lipinski definition) is 2. The molecule has 0 bridgehead atoms. The van der Waals surface area contributed by atoms with E-state index in [2.05, 4.69) is 109 Å². The van der Waals surface area contributed by atoms with E-state index in [1.807, 2.05) is 48.7 Å². The number of furan rings is 1. The Bertz CT molecular complexity index is 2060. The molecule has 46 heavy (non-hydrogen) atoms. The molecule has 230 valence electrons. The maximum atomic E-state index is 13.5. The molecule has 5 aromatic carbocycles. The molecule has 0 saturated carbocycles. The van der Waals surface area contributed by atoms with Gasteiger partial charge in [-0.25, -0.2) is 11.1 Å². The normalized spacial score (nSPS) is 11.5. The van der Waals surface area contributed by atoms with Crippen molar-refractivity contribution in [3.8, 4) is 22.4 Å². The van der Waals surface area contributed by atoms with Crippen molar-refractivity contribution in [3.05, 3.63) is 157 Å². The molecule has 2 nitrogen and oxygen atoms in total. The molecular formula is C41H35FGeIrNO. The SMILES string of the molecule is CC(C)(c1ccccc1)c1cc[c-]c(-c2[c-]cccc2)c1.[CH3][Ge]([CH3])([CH3])[c]1ccc(-c2[c-]ccc3c2oc2cc(F)ccc23)nc1.[Ir+3]. The second-order valence-corrected chi connectivity index (χ2v) is 23.4. The maximum Gasteiger partial charge on any atom is 3.00 e. The summed E-state index contributed by atoms with van der Waals surface area (Å²) in [4.78, 5) is 4.63. The van der Waals surface area contributed by atoms with Gasteiger partial charge in [0.1, 0.15) is 0 Å². The van der Waals surface area contributed by atoms with Crippen molar-refractivity contribution >= 4 is 39.6 Å². The minimum atomic E-state index is -1.88. The van der Waals surface area contributed by atoms with Crippen LogP contribution in [0, 0.1) is 24.0 Å². The number of fused-ring (bicyclic) bond motifs is 3. The predicted octanol–water partition coefficient (Wildman–Crippen LogP) is 10.4. The summed E-state index contributed by atoms with van der Waals surface area (Å²) in [5, 5.41) is 1.86. The van der Waals surface area contributed by atoms with Crippen LogP contribution in [0.5, 0.6) is 0 Å². The van der Waals surface area contributed by atoms with E-state index in [1.54, 1.807) is 6.07 Å². The second kappa shape index (κ2) is 13.9. The summed E-state index contributed by atoms with van der Waals surface area (Å²) in [7, 11) is 0. The largest absolute Gasteiger partial charge is 3.00 e. The molecule has 0 radical (unpaired) electrons. The summed E-state index contributed by atoms with van der Waals surface area (Å²) < 4.78 is 20.7. The van der Waals surface area contributed by atoms with Crippen LogP contribution >= 0.6 is 0 Å². The van der Waals surface area contributed by atoms with Crippen LogP contribution in [0.3, 0.4) is 0 Å². The number of halogens is 1. The fourth-order valence-electron chi connectivity index (χ4n) is 5.48. The number of pyridine rings is 1. The number of benzene rings is 5. The first-order valence-corrected chi connectivity index (χ1v) is 22.5. The third kappa shape index (κ3) is 7.10. The second-order valence-electron chi connectivity index (χ2n) is 12.8. The standard InChI is InChI=1S/C21H18.C20H17FGeNO.Ir/c1-21(2,19-13-7-4-8-14-19)20-15-9-12-18(16-20)17-10-5-3-6-11-17;1-22(2,3)14-8-10-18(23-12-14)17-6-4-5-16-15-9-7-13(21)11-19(15)24-20(16)17;/h3-10,13-16H,1-2H3;4-5,7-12H,1-3H3;/q-2;-1;+3. The molecule has 0 unspecified atom stereocenters. The van der Waals surface area contributed by atoms with Crippen LogP contribution in [-0.4, -0.2) is 18.3 Å². The van der Waals surface area contributed by atoms with Gasteiger partial charge in [0.15, 0.2) is 0 Å². The van der Waals surface area contributed by atoms with Crippen LogP contribution in [0.15, 0.2) is 126 Å². The minimum absolute atomic E-state index is 0. The van der Waals surface area contributed by atoms with Gasteiger partial charge in [0.2, 0.25) is 0 Å². The van der Waals surface area contributed by atoms with E-state index in [1.165, 1.54) is 27.7 Å². The number of hydrogen-bond donors (Lipinski definition) is 0. The fraction of sp³-hybridized carbons (Fsp3) is 0.146. The van der Waals surface area contributed by atoms with Crippen LogP contribution in [0.2, 0.25) is 17.3 Å². The molecule has 5 heteroatoms. The van der Waals surface area contributed by atoms with Crippen molar-refractivity contribution in [1.29, 1.82) is 0 Å². The average Bonchev–Trinajstić information content (AvgIpc) is 3.43. The molecule has 7 aromatic rings. The van der Waals surface area contributed by atoms with Gasteiger partial charge >= 0.3 is 163 Å². The summed E-state index contributed by atoms with van der Waals surface area (Å²) in [6, 6.07) is 47.5. The van der Waals surface area contributed by atoms with E-state index in [-0.39, 0.29) is 31.3 Å². The molecule has 2 aromatic heterocycles. The van der Waals surface area contributed by atoms with Crippen molar-refractivity contribution < 1.29 is 28.9 Å². The molecular weight excluding hydrogens is 806 g/mol. The molecule has 0 saturated heterocycles. The van der Waals surface area contributed by atoms with Crippen LogP contribution in [0.4, 0.5) is 4.39 Å². The molecule has 2 heterocycles. The van der Waals surface area contributed by atoms with Crippen molar-refractivity contribution in [2.45, 2.75) is 36.5 Å². The van der Waals surface area contributed by atoms with Gasteiger partial charge in [0.05, 0.1) is 0 Å². The van der Waals surface area contributed by atoms with E-state index in [0.29, 0.717) is 11.2 Å². The van der Waals surface area contributed by atoms with E-state index in [4.69, 9.17) is 4.42 Å². The quantitative estimate of drug-likeness (QED) is 0.127. The fourth-order valence-corrected chi connectivity index (χ4v) is 7.66. The van der Waals surface area contributed by atoms with Crippen molar-refractivity contribution in [1.82, 2.24) is 4.98 Å². The molecule has 0 atom stereocenters. The van der Waals surface area contributed by atoms with Crippen LogP contribution in [0.1, 0.15) is 25.0 Å². The summed E-state index contributed by atoms with van der Waals surface area (Å²) in [6.45, 7) is 4.52. The van der Waals surface area contributed by atoms with Gasteiger partial charge in [-0.2, -0.15) is 42.5 Å². The molecule has 0 aliphatic heterocycles. The Balaban J connectivity index is 0.000000179. The Morgan fingerprint density at radius 2 is 1.43 bits per heavy atom. The Kier molecular flexibility index (Phi) is 10.1. The Morgan fingerprint density at radius 1 is 0.696 bits per heavy atom. The van der Waals surface area contributed by atoms with E-state index < -0.39 is 13.3 Å². The molecule has 0 aliphatic carbocycles. The molecule has 7 rings (SSSR count). The van der Waals surface area contributed by atoms with Gasteiger partial charge in [-0.3, -0.25) is 0 Å². The minimum Gasteiger partial charge on any atom is 3.00 e. The van der Waals surface area contributed by atoms with Gasteiger partial charge in [-0.1, -0.05) is 44.2 Å². The zero-order valence-electron chi connectivity index (χ0n) is 26.6. The number of nitrogens with zero attached hydrogens (tertiary/aromatic N) is 1.